The second kappa shape index (κ2) is 10.2. The van der Waals surface area contributed by atoms with Gasteiger partial charge in [0.15, 0.2) is 0 Å². The maximum atomic E-state index is 14.9. The fraction of sp³-hybridized carbons (Fsp3) is 0.586. The van der Waals surface area contributed by atoms with Crippen LogP contribution >= 0.6 is 0 Å². The molecular weight excluding hydrogens is 425 g/mol. The predicted octanol–water partition coefficient (Wildman–Crippen LogP) is 5.90. The van der Waals surface area contributed by atoms with Gasteiger partial charge in [0, 0.05) is 37.3 Å². The monoisotopic (exact) mass is 467 g/mol. The number of para-hydroxylation sites is 1. The number of anilines is 1. The van der Waals surface area contributed by atoms with Gasteiger partial charge in [0.2, 0.25) is 0 Å². The van der Waals surface area contributed by atoms with E-state index in [0.717, 1.165) is 37.4 Å². The van der Waals surface area contributed by atoms with Crippen LogP contribution in [0.2, 0.25) is 0 Å². The third-order valence-corrected chi connectivity index (χ3v) is 7.43. The van der Waals surface area contributed by atoms with Gasteiger partial charge in [-0.05, 0) is 76.4 Å². The summed E-state index contributed by atoms with van der Waals surface area (Å²) in [5.74, 6) is 1.28. The van der Waals surface area contributed by atoms with Crippen LogP contribution < -0.4 is 5.32 Å². The van der Waals surface area contributed by atoms with Crippen LogP contribution in [0.1, 0.15) is 58.9 Å². The summed E-state index contributed by atoms with van der Waals surface area (Å²) in [7, 11) is 0. The molecule has 0 aliphatic carbocycles. The SMILES string of the molecule is C=C(/C=C\C(=C/C)OC1CN(CCC)C1)[C@@H]1C2Nc3ccccc3C2C[C@@H](C)N1CC(C)(C)F. The first-order valence-corrected chi connectivity index (χ1v) is 12.9. The normalized spacial score (nSPS) is 28.4. The molecule has 5 heteroatoms. The predicted molar refractivity (Wildman–Crippen MR) is 140 cm³/mol. The van der Waals surface area contributed by atoms with E-state index in [1.54, 1.807) is 13.8 Å². The Morgan fingerprint density at radius 2 is 2.00 bits per heavy atom. The van der Waals surface area contributed by atoms with E-state index >= 15 is 0 Å². The number of nitrogens with one attached hydrogen (secondary N) is 1. The summed E-state index contributed by atoms with van der Waals surface area (Å²) in [6.07, 6.45) is 8.59. The topological polar surface area (TPSA) is 27.7 Å². The molecule has 1 aromatic rings. The minimum atomic E-state index is -1.28. The van der Waals surface area contributed by atoms with Crippen molar-refractivity contribution in [1.29, 1.82) is 0 Å². The number of piperidine rings is 1. The maximum Gasteiger partial charge on any atom is 0.124 e. The molecular formula is C29H42FN3O. The quantitative estimate of drug-likeness (QED) is 0.361. The number of likely N-dealkylation sites (tertiary alicyclic amines) is 2. The van der Waals surface area contributed by atoms with Crippen molar-refractivity contribution in [3.8, 4) is 0 Å². The molecule has 4 atom stereocenters. The number of fused-ring (bicyclic) bond motifs is 3. The van der Waals surface area contributed by atoms with Crippen molar-refractivity contribution in [3.63, 3.8) is 0 Å². The van der Waals surface area contributed by atoms with Crippen LogP contribution in [-0.2, 0) is 4.74 Å². The number of rotatable bonds is 9. The first-order valence-electron chi connectivity index (χ1n) is 12.9. The standard InChI is InChI=1S/C29H42FN3O/c1-7-15-32-17-23(18-32)34-22(8-2)14-13-20(3)28-27-25(24-11-9-10-12-26(24)31-27)16-21(4)33(28)19-29(5,6)30/h8-14,21,23,25,27-28,31H,3,7,15-19H2,1-2,4-6H3/b14-13-,22-8+/t21-,25?,27?,28-/m1/s1. The molecule has 3 aliphatic rings. The number of hydrogen-bond donors (Lipinski definition) is 1. The van der Waals surface area contributed by atoms with Crippen molar-refractivity contribution in [2.24, 2.45) is 0 Å². The number of alkyl halides is 1. The second-order valence-corrected chi connectivity index (χ2v) is 10.9. The van der Waals surface area contributed by atoms with Gasteiger partial charge in [-0.3, -0.25) is 9.80 Å². The van der Waals surface area contributed by atoms with Gasteiger partial charge in [-0.15, -0.1) is 0 Å². The van der Waals surface area contributed by atoms with E-state index in [1.165, 1.54) is 17.7 Å². The highest BCUT2D eigenvalue weighted by Gasteiger charge is 2.47. The summed E-state index contributed by atoms with van der Waals surface area (Å²) in [5.41, 5.74) is 2.29. The Morgan fingerprint density at radius 3 is 2.68 bits per heavy atom. The fourth-order valence-corrected chi connectivity index (χ4v) is 5.89. The minimum absolute atomic E-state index is 0.00859. The lowest BCUT2D eigenvalue weighted by molar-refractivity contribution is -0.0172. The molecule has 0 aromatic heterocycles. The van der Waals surface area contributed by atoms with Crippen LogP contribution in [0.4, 0.5) is 10.1 Å². The fourth-order valence-electron chi connectivity index (χ4n) is 5.89. The summed E-state index contributed by atoms with van der Waals surface area (Å²) in [5, 5.41) is 3.76. The number of ether oxygens (including phenoxy) is 1. The Morgan fingerprint density at radius 1 is 1.26 bits per heavy atom. The summed E-state index contributed by atoms with van der Waals surface area (Å²) in [6.45, 7) is 17.8. The van der Waals surface area contributed by atoms with Gasteiger partial charge in [-0.25, -0.2) is 4.39 Å². The van der Waals surface area contributed by atoms with Crippen molar-refractivity contribution in [1.82, 2.24) is 9.80 Å². The lowest BCUT2D eigenvalue weighted by Gasteiger charge is -2.49. The van der Waals surface area contributed by atoms with Crippen molar-refractivity contribution in [2.75, 3.05) is 31.5 Å². The Hall–Kier alpha value is -2.11. The number of benzene rings is 1. The van der Waals surface area contributed by atoms with Crippen molar-refractivity contribution < 1.29 is 9.13 Å². The molecule has 0 bridgehead atoms. The van der Waals surface area contributed by atoms with Gasteiger partial charge in [0.25, 0.3) is 0 Å². The zero-order chi connectivity index (χ0) is 24.5. The number of allylic oxidation sites excluding steroid dienone is 2. The number of nitrogens with zero attached hydrogens (tertiary/aromatic N) is 2. The van der Waals surface area contributed by atoms with Crippen LogP contribution in [0.15, 0.2) is 60.4 Å². The molecule has 0 amide bonds. The Labute approximate surface area is 205 Å². The first kappa shape index (κ1) is 25.0. The van der Waals surface area contributed by atoms with E-state index in [4.69, 9.17) is 4.74 Å². The van der Waals surface area contributed by atoms with E-state index in [2.05, 4.69) is 65.9 Å². The van der Waals surface area contributed by atoms with Crippen molar-refractivity contribution in [2.45, 2.75) is 83.3 Å². The van der Waals surface area contributed by atoms with Gasteiger partial charge in [0.05, 0.1) is 12.1 Å². The minimum Gasteiger partial charge on any atom is -0.488 e. The molecule has 0 radical (unpaired) electrons. The van der Waals surface area contributed by atoms with Gasteiger partial charge in [-0.1, -0.05) is 37.8 Å². The lowest BCUT2D eigenvalue weighted by Crippen LogP contribution is -2.59. The van der Waals surface area contributed by atoms with Gasteiger partial charge in [0.1, 0.15) is 17.5 Å². The van der Waals surface area contributed by atoms with Crippen molar-refractivity contribution in [3.05, 3.63) is 66.0 Å². The molecule has 4 nitrogen and oxygen atoms in total. The van der Waals surface area contributed by atoms with E-state index in [0.29, 0.717) is 12.5 Å². The van der Waals surface area contributed by atoms with E-state index in [1.807, 2.05) is 19.1 Å². The third-order valence-electron chi connectivity index (χ3n) is 7.43. The summed E-state index contributed by atoms with van der Waals surface area (Å²) in [6, 6.07) is 9.03. The number of hydrogen-bond acceptors (Lipinski definition) is 4. The number of halogens is 1. The van der Waals surface area contributed by atoms with Crippen molar-refractivity contribution >= 4 is 5.69 Å². The van der Waals surface area contributed by atoms with Crippen LogP contribution in [0.5, 0.6) is 0 Å². The molecule has 3 aliphatic heterocycles. The molecule has 2 saturated heterocycles. The van der Waals surface area contributed by atoms with Crippen LogP contribution in [-0.4, -0.2) is 65.9 Å². The molecule has 3 heterocycles. The summed E-state index contributed by atoms with van der Waals surface area (Å²) >= 11 is 0. The van der Waals surface area contributed by atoms with E-state index in [-0.39, 0.29) is 24.2 Å². The molecule has 34 heavy (non-hydrogen) atoms. The van der Waals surface area contributed by atoms with Crippen LogP contribution in [0, 0.1) is 0 Å². The Bertz CT molecular complexity index is 928. The summed E-state index contributed by atoms with van der Waals surface area (Å²) < 4.78 is 21.1. The zero-order valence-corrected chi connectivity index (χ0v) is 21.6. The molecule has 2 unspecified atom stereocenters. The molecule has 0 saturated carbocycles. The third kappa shape index (κ3) is 5.41. The molecule has 0 spiro atoms. The Kier molecular flexibility index (Phi) is 7.54. The maximum absolute atomic E-state index is 14.9. The smallest absolute Gasteiger partial charge is 0.124 e. The van der Waals surface area contributed by atoms with Crippen LogP contribution in [0.25, 0.3) is 0 Å². The molecule has 2 fully saturated rings. The molecule has 4 rings (SSSR count). The van der Waals surface area contributed by atoms with Gasteiger partial charge < -0.3 is 10.1 Å². The highest BCUT2D eigenvalue weighted by atomic mass is 19.1. The second-order valence-electron chi connectivity index (χ2n) is 10.9. The van der Waals surface area contributed by atoms with Gasteiger partial charge >= 0.3 is 0 Å². The molecule has 186 valence electrons. The highest BCUT2D eigenvalue weighted by molar-refractivity contribution is 5.61. The van der Waals surface area contributed by atoms with E-state index in [9.17, 15) is 4.39 Å². The highest BCUT2D eigenvalue weighted by Crippen LogP contribution is 2.46. The first-order chi connectivity index (χ1) is 16.2. The molecule has 1 N–H and O–H groups in total. The molecule has 1 aromatic carbocycles. The average Bonchev–Trinajstić information content (AvgIpc) is 3.11. The average molecular weight is 468 g/mol. The van der Waals surface area contributed by atoms with Gasteiger partial charge in [-0.2, -0.15) is 0 Å². The largest absolute Gasteiger partial charge is 0.488 e. The van der Waals surface area contributed by atoms with Crippen LogP contribution in [0.3, 0.4) is 0 Å². The zero-order valence-electron chi connectivity index (χ0n) is 21.6. The van der Waals surface area contributed by atoms with E-state index < -0.39 is 5.67 Å². The summed E-state index contributed by atoms with van der Waals surface area (Å²) in [4.78, 5) is 4.74. The Balaban J connectivity index is 1.51. The lowest BCUT2D eigenvalue weighted by atomic mass is 9.77.